The van der Waals surface area contributed by atoms with Gasteiger partial charge in [-0.1, -0.05) is 5.16 Å². The lowest BCUT2D eigenvalue weighted by Gasteiger charge is -2.02. The van der Waals surface area contributed by atoms with Gasteiger partial charge in [-0.2, -0.15) is 4.98 Å². The molecule has 0 aliphatic heterocycles. The van der Waals surface area contributed by atoms with Crippen molar-refractivity contribution in [1.82, 2.24) is 10.1 Å². The molecule has 16 heavy (non-hydrogen) atoms. The van der Waals surface area contributed by atoms with Crippen LogP contribution in [0.2, 0.25) is 0 Å². The summed E-state index contributed by atoms with van der Waals surface area (Å²) in [5, 5.41) is 3.84. The van der Waals surface area contributed by atoms with Crippen molar-refractivity contribution in [3.63, 3.8) is 0 Å². The lowest BCUT2D eigenvalue weighted by molar-refractivity contribution is 0.166. The quantitative estimate of drug-likeness (QED) is 0.840. The normalized spacial score (nSPS) is 12.9. The van der Waals surface area contributed by atoms with Crippen LogP contribution in [0.25, 0.3) is 11.4 Å². The van der Waals surface area contributed by atoms with Gasteiger partial charge >= 0.3 is 0 Å². The van der Waals surface area contributed by atoms with Crippen molar-refractivity contribution in [3.8, 4) is 11.4 Å². The van der Waals surface area contributed by atoms with E-state index in [4.69, 9.17) is 19.4 Å². The van der Waals surface area contributed by atoms with Crippen LogP contribution in [0.3, 0.4) is 0 Å². The van der Waals surface area contributed by atoms with Crippen LogP contribution in [0.1, 0.15) is 17.7 Å². The van der Waals surface area contributed by atoms with Crippen LogP contribution in [0.5, 0.6) is 0 Å². The molecule has 2 rings (SSSR count). The standard InChI is InChI=1S/C10H13N3O3/c1-6-7(3-4-15-6)9-12-10(16-13-9)8(11)5-14-2/h3-4,8H,5,11H2,1-2H3. The minimum absolute atomic E-state index is 0.339. The molecule has 2 heterocycles. The number of hydrogen-bond acceptors (Lipinski definition) is 6. The maximum Gasteiger partial charge on any atom is 0.246 e. The molecule has 0 saturated carbocycles. The number of furan rings is 1. The first-order valence-corrected chi connectivity index (χ1v) is 4.85. The van der Waals surface area contributed by atoms with Crippen molar-refractivity contribution in [1.29, 1.82) is 0 Å². The van der Waals surface area contributed by atoms with Crippen LogP contribution in [-0.4, -0.2) is 23.9 Å². The molecule has 2 aromatic heterocycles. The fourth-order valence-corrected chi connectivity index (χ4v) is 1.36. The first kappa shape index (κ1) is 10.8. The lowest BCUT2D eigenvalue weighted by Crippen LogP contribution is -2.16. The number of rotatable bonds is 4. The lowest BCUT2D eigenvalue weighted by atomic mass is 10.2. The highest BCUT2D eigenvalue weighted by Crippen LogP contribution is 2.22. The summed E-state index contributed by atoms with van der Waals surface area (Å²) in [6.45, 7) is 2.17. The van der Waals surface area contributed by atoms with Gasteiger partial charge in [-0.3, -0.25) is 0 Å². The van der Waals surface area contributed by atoms with Gasteiger partial charge in [0.15, 0.2) is 0 Å². The molecule has 86 valence electrons. The zero-order chi connectivity index (χ0) is 11.5. The van der Waals surface area contributed by atoms with Gasteiger partial charge in [0.2, 0.25) is 11.7 Å². The second-order valence-corrected chi connectivity index (χ2v) is 3.41. The van der Waals surface area contributed by atoms with E-state index in [0.717, 1.165) is 11.3 Å². The third-order valence-electron chi connectivity index (χ3n) is 2.20. The number of aromatic nitrogens is 2. The van der Waals surface area contributed by atoms with Gasteiger partial charge in [0.05, 0.1) is 18.4 Å². The van der Waals surface area contributed by atoms with E-state index in [9.17, 15) is 0 Å². The average Bonchev–Trinajstić information content (AvgIpc) is 2.86. The average molecular weight is 223 g/mol. The van der Waals surface area contributed by atoms with E-state index in [2.05, 4.69) is 10.1 Å². The zero-order valence-corrected chi connectivity index (χ0v) is 9.14. The molecular weight excluding hydrogens is 210 g/mol. The fourth-order valence-electron chi connectivity index (χ4n) is 1.36. The molecule has 0 aromatic carbocycles. The molecule has 1 atom stereocenters. The number of methoxy groups -OCH3 is 1. The van der Waals surface area contributed by atoms with Crippen molar-refractivity contribution in [2.75, 3.05) is 13.7 Å². The van der Waals surface area contributed by atoms with Crippen molar-refractivity contribution in [2.45, 2.75) is 13.0 Å². The van der Waals surface area contributed by atoms with Crippen LogP contribution in [0.15, 0.2) is 21.3 Å². The molecule has 6 nitrogen and oxygen atoms in total. The molecule has 0 amide bonds. The summed E-state index contributed by atoms with van der Waals surface area (Å²) in [6, 6.07) is 1.38. The maximum absolute atomic E-state index is 5.77. The minimum Gasteiger partial charge on any atom is -0.469 e. The molecule has 2 aromatic rings. The van der Waals surface area contributed by atoms with E-state index < -0.39 is 6.04 Å². The Morgan fingerprint density at radius 1 is 1.56 bits per heavy atom. The van der Waals surface area contributed by atoms with Gasteiger partial charge in [0, 0.05) is 7.11 Å². The van der Waals surface area contributed by atoms with Gasteiger partial charge in [-0.15, -0.1) is 0 Å². The van der Waals surface area contributed by atoms with Crippen LogP contribution < -0.4 is 5.73 Å². The van der Waals surface area contributed by atoms with Crippen LogP contribution in [0, 0.1) is 6.92 Å². The van der Waals surface area contributed by atoms with Gasteiger partial charge in [0.25, 0.3) is 0 Å². The highest BCUT2D eigenvalue weighted by Gasteiger charge is 2.17. The Morgan fingerprint density at radius 2 is 2.38 bits per heavy atom. The molecule has 0 fully saturated rings. The topological polar surface area (TPSA) is 87.3 Å². The van der Waals surface area contributed by atoms with E-state index in [1.54, 1.807) is 19.4 Å². The number of ether oxygens (including phenoxy) is 1. The Labute approximate surface area is 92.4 Å². The monoisotopic (exact) mass is 223 g/mol. The van der Waals surface area contributed by atoms with Gasteiger partial charge < -0.3 is 19.4 Å². The largest absolute Gasteiger partial charge is 0.469 e. The summed E-state index contributed by atoms with van der Waals surface area (Å²) in [4.78, 5) is 4.19. The highest BCUT2D eigenvalue weighted by atomic mass is 16.5. The summed E-state index contributed by atoms with van der Waals surface area (Å²) in [7, 11) is 1.57. The third-order valence-corrected chi connectivity index (χ3v) is 2.20. The van der Waals surface area contributed by atoms with Crippen LogP contribution in [-0.2, 0) is 4.74 Å². The van der Waals surface area contributed by atoms with Gasteiger partial charge in [-0.05, 0) is 13.0 Å². The zero-order valence-electron chi connectivity index (χ0n) is 9.14. The summed E-state index contributed by atoms with van der Waals surface area (Å²) in [5.41, 5.74) is 6.57. The van der Waals surface area contributed by atoms with Crippen molar-refractivity contribution >= 4 is 0 Å². The highest BCUT2D eigenvalue weighted by molar-refractivity contribution is 5.56. The van der Waals surface area contributed by atoms with E-state index in [0.29, 0.717) is 18.3 Å². The molecule has 6 heteroatoms. The first-order chi connectivity index (χ1) is 7.72. The molecule has 0 spiro atoms. The third kappa shape index (κ3) is 1.98. The predicted molar refractivity (Wildman–Crippen MR) is 55.5 cm³/mol. The maximum atomic E-state index is 5.77. The minimum atomic E-state index is -0.404. The van der Waals surface area contributed by atoms with Crippen molar-refractivity contribution in [2.24, 2.45) is 5.73 Å². The Bertz CT molecular complexity index is 463. The SMILES string of the molecule is COCC(N)c1nc(-c2ccoc2C)no1. The Balaban J connectivity index is 2.23. The van der Waals surface area contributed by atoms with E-state index >= 15 is 0 Å². The second kappa shape index (κ2) is 4.46. The summed E-state index contributed by atoms with van der Waals surface area (Å²) >= 11 is 0. The van der Waals surface area contributed by atoms with Crippen LogP contribution >= 0.6 is 0 Å². The molecule has 0 aliphatic rings. The Hall–Kier alpha value is -1.66. The molecule has 2 N–H and O–H groups in total. The van der Waals surface area contributed by atoms with Crippen LogP contribution in [0.4, 0.5) is 0 Å². The molecule has 0 radical (unpaired) electrons. The smallest absolute Gasteiger partial charge is 0.246 e. The molecule has 0 aliphatic carbocycles. The molecule has 0 bridgehead atoms. The fraction of sp³-hybridized carbons (Fsp3) is 0.400. The number of aryl methyl sites for hydroxylation is 1. The molecule has 0 saturated heterocycles. The number of nitrogens with zero attached hydrogens (tertiary/aromatic N) is 2. The van der Waals surface area contributed by atoms with Gasteiger partial charge in [-0.25, -0.2) is 0 Å². The van der Waals surface area contributed by atoms with Crippen molar-refractivity contribution < 1.29 is 13.7 Å². The first-order valence-electron chi connectivity index (χ1n) is 4.85. The van der Waals surface area contributed by atoms with E-state index in [-0.39, 0.29) is 0 Å². The molecular formula is C10H13N3O3. The number of hydrogen-bond donors (Lipinski definition) is 1. The van der Waals surface area contributed by atoms with Crippen molar-refractivity contribution in [3.05, 3.63) is 24.0 Å². The van der Waals surface area contributed by atoms with E-state index in [1.807, 2.05) is 6.92 Å². The summed E-state index contributed by atoms with van der Waals surface area (Å²) in [5.74, 6) is 1.58. The Morgan fingerprint density at radius 3 is 3.00 bits per heavy atom. The number of nitrogens with two attached hydrogens (primary N) is 1. The van der Waals surface area contributed by atoms with Gasteiger partial charge in [0.1, 0.15) is 11.8 Å². The predicted octanol–water partition coefficient (Wildman–Crippen LogP) is 1.28. The molecule has 1 unspecified atom stereocenters. The summed E-state index contributed by atoms with van der Waals surface area (Å²) < 4.78 is 15.1. The summed E-state index contributed by atoms with van der Waals surface area (Å²) in [6.07, 6.45) is 1.58. The Kier molecular flexibility index (Phi) is 3.02. The second-order valence-electron chi connectivity index (χ2n) is 3.41. The van der Waals surface area contributed by atoms with E-state index in [1.165, 1.54) is 0 Å².